The van der Waals surface area contributed by atoms with Gasteiger partial charge in [-0.3, -0.25) is 9.97 Å². The Hall–Kier alpha value is -3.48. The highest BCUT2D eigenvalue weighted by molar-refractivity contribution is 5.88. The van der Waals surface area contributed by atoms with Crippen LogP contribution in [0.3, 0.4) is 0 Å². The van der Waals surface area contributed by atoms with Crippen LogP contribution >= 0.6 is 0 Å². The first-order valence-corrected chi connectivity index (χ1v) is 14.1. The predicted octanol–water partition coefficient (Wildman–Crippen LogP) is 6.77. The smallest absolute Gasteiger partial charge is 0.431 e. The van der Waals surface area contributed by atoms with Crippen molar-refractivity contribution in [2.75, 3.05) is 6.79 Å². The maximum Gasteiger partial charge on any atom is 0.511 e. The first-order chi connectivity index (χ1) is 18.9. The molecule has 0 radical (unpaired) electrons. The van der Waals surface area contributed by atoms with Crippen LogP contribution in [0.5, 0.6) is 0 Å². The van der Waals surface area contributed by atoms with Crippen molar-refractivity contribution >= 4 is 17.7 Å². The highest BCUT2D eigenvalue weighted by Gasteiger charge is 2.57. The Morgan fingerprint density at radius 3 is 2.49 bits per heavy atom. The second-order valence-electron chi connectivity index (χ2n) is 12.0. The van der Waals surface area contributed by atoms with Crippen LogP contribution in [0.4, 0.5) is 4.79 Å². The lowest BCUT2D eigenvalue weighted by atomic mass is 9.47. The third-order valence-electron chi connectivity index (χ3n) is 10.1. The number of ether oxygens (including phenoxy) is 3. The number of carbonyl (C=O) groups excluding carboxylic acids is 2. The van der Waals surface area contributed by atoms with Crippen LogP contribution in [-0.4, -0.2) is 35.0 Å². The molecule has 0 amide bonds. The number of aromatic nitrogens is 2. The van der Waals surface area contributed by atoms with Crippen LogP contribution in [0.15, 0.2) is 66.8 Å². The molecule has 2 saturated carbocycles. The van der Waals surface area contributed by atoms with Gasteiger partial charge in [0.1, 0.15) is 6.10 Å². The van der Waals surface area contributed by atoms with Crippen LogP contribution in [-0.2, 0) is 14.2 Å². The van der Waals surface area contributed by atoms with Crippen molar-refractivity contribution in [3.8, 4) is 0 Å². The molecule has 0 unspecified atom stereocenters. The van der Waals surface area contributed by atoms with Crippen LogP contribution in [0.1, 0.15) is 74.7 Å². The Morgan fingerprint density at radius 1 is 0.923 bits per heavy atom. The lowest BCUT2D eigenvalue weighted by Gasteiger charge is -2.57. The molecule has 7 nitrogen and oxygen atoms in total. The van der Waals surface area contributed by atoms with Gasteiger partial charge < -0.3 is 14.2 Å². The summed E-state index contributed by atoms with van der Waals surface area (Å²) in [7, 11) is 0. The summed E-state index contributed by atoms with van der Waals surface area (Å²) in [5.74, 6) is 1.37. The molecule has 4 aliphatic carbocycles. The molecule has 0 saturated heterocycles. The normalized spacial score (nSPS) is 33.0. The van der Waals surface area contributed by atoms with Gasteiger partial charge in [0, 0.05) is 31.2 Å². The Balaban J connectivity index is 1.06. The molecule has 2 aromatic heterocycles. The first kappa shape index (κ1) is 25.8. The van der Waals surface area contributed by atoms with Crippen LogP contribution in [0, 0.1) is 28.6 Å². The van der Waals surface area contributed by atoms with Crippen molar-refractivity contribution in [3.63, 3.8) is 0 Å². The molecule has 0 bridgehead atoms. The number of carbonyl (C=O) groups is 2. The van der Waals surface area contributed by atoms with Crippen LogP contribution in [0.25, 0.3) is 5.57 Å². The van der Waals surface area contributed by atoms with E-state index >= 15 is 0 Å². The summed E-state index contributed by atoms with van der Waals surface area (Å²) in [5, 5.41) is 0. The topological polar surface area (TPSA) is 87.6 Å². The van der Waals surface area contributed by atoms with Crippen molar-refractivity contribution in [1.82, 2.24) is 9.97 Å². The van der Waals surface area contributed by atoms with E-state index in [1.807, 2.05) is 18.5 Å². The van der Waals surface area contributed by atoms with E-state index in [1.54, 1.807) is 18.3 Å². The van der Waals surface area contributed by atoms with Crippen molar-refractivity contribution in [3.05, 3.63) is 77.9 Å². The number of fused-ring (bicyclic) bond motifs is 5. The third kappa shape index (κ3) is 4.66. The van der Waals surface area contributed by atoms with Gasteiger partial charge in [0.2, 0.25) is 6.79 Å². The summed E-state index contributed by atoms with van der Waals surface area (Å²) in [6.07, 6.45) is 17.9. The molecular weight excluding hydrogens is 492 g/mol. The van der Waals surface area contributed by atoms with Crippen LogP contribution in [0.2, 0.25) is 0 Å². The first-order valence-electron chi connectivity index (χ1n) is 14.1. The number of nitrogens with zero attached hydrogens (tertiary/aromatic N) is 2. The molecule has 0 spiro atoms. The largest absolute Gasteiger partial charge is 0.511 e. The zero-order valence-electron chi connectivity index (χ0n) is 22.7. The zero-order chi connectivity index (χ0) is 27.0. The zero-order valence-corrected chi connectivity index (χ0v) is 22.7. The Kier molecular flexibility index (Phi) is 6.77. The average Bonchev–Trinajstić information content (AvgIpc) is 3.31. The summed E-state index contributed by atoms with van der Waals surface area (Å²) in [5.41, 5.74) is 4.84. The molecule has 0 aliphatic heterocycles. The molecule has 4 aliphatic rings. The molecular formula is C32H36N2O5. The quantitative estimate of drug-likeness (QED) is 0.240. The van der Waals surface area contributed by atoms with Gasteiger partial charge in [0.15, 0.2) is 0 Å². The van der Waals surface area contributed by atoms with Gasteiger partial charge in [-0.15, -0.1) is 0 Å². The third-order valence-corrected chi connectivity index (χ3v) is 10.1. The molecule has 6 rings (SSSR count). The van der Waals surface area contributed by atoms with E-state index in [1.165, 1.54) is 35.7 Å². The van der Waals surface area contributed by atoms with Gasteiger partial charge in [0.25, 0.3) is 0 Å². The molecule has 204 valence electrons. The molecule has 2 aromatic rings. The van der Waals surface area contributed by atoms with Crippen LogP contribution < -0.4 is 0 Å². The van der Waals surface area contributed by atoms with E-state index in [0.717, 1.165) is 32.1 Å². The summed E-state index contributed by atoms with van der Waals surface area (Å²) >= 11 is 0. The molecule has 7 heteroatoms. The summed E-state index contributed by atoms with van der Waals surface area (Å²) in [6.45, 7) is 4.43. The van der Waals surface area contributed by atoms with Gasteiger partial charge in [0.05, 0.1) is 5.56 Å². The van der Waals surface area contributed by atoms with Crippen molar-refractivity contribution in [1.29, 1.82) is 0 Å². The molecule has 0 N–H and O–H groups in total. The van der Waals surface area contributed by atoms with Gasteiger partial charge in [-0.05, 0) is 96.4 Å². The van der Waals surface area contributed by atoms with E-state index in [2.05, 4.69) is 42.0 Å². The van der Waals surface area contributed by atoms with Gasteiger partial charge in [-0.2, -0.15) is 0 Å². The summed E-state index contributed by atoms with van der Waals surface area (Å²) < 4.78 is 15.7. The fourth-order valence-electron chi connectivity index (χ4n) is 8.13. The number of hydrogen-bond acceptors (Lipinski definition) is 7. The van der Waals surface area contributed by atoms with E-state index < -0.39 is 18.9 Å². The average molecular weight is 529 g/mol. The lowest BCUT2D eigenvalue weighted by Crippen LogP contribution is -2.50. The number of hydrogen-bond donors (Lipinski definition) is 0. The second-order valence-corrected chi connectivity index (χ2v) is 12.0. The minimum Gasteiger partial charge on any atom is -0.431 e. The van der Waals surface area contributed by atoms with E-state index in [9.17, 15) is 9.59 Å². The highest BCUT2D eigenvalue weighted by atomic mass is 16.8. The number of esters is 1. The van der Waals surface area contributed by atoms with E-state index in [-0.39, 0.29) is 16.9 Å². The number of rotatable bonds is 5. The summed E-state index contributed by atoms with van der Waals surface area (Å²) in [6, 6.07) is 7.47. The second kappa shape index (κ2) is 10.2. The van der Waals surface area contributed by atoms with Gasteiger partial charge >= 0.3 is 12.1 Å². The molecule has 2 fully saturated rings. The molecule has 39 heavy (non-hydrogen) atoms. The fraction of sp³-hybridized carbons (Fsp3) is 0.500. The maximum atomic E-state index is 12.3. The molecule has 0 aromatic carbocycles. The van der Waals surface area contributed by atoms with Gasteiger partial charge in [-0.25, -0.2) is 9.59 Å². The highest BCUT2D eigenvalue weighted by Crippen LogP contribution is 2.66. The Labute approximate surface area is 229 Å². The monoisotopic (exact) mass is 528 g/mol. The van der Waals surface area contributed by atoms with Crippen molar-refractivity contribution < 1.29 is 23.8 Å². The standard InChI is InChI=1S/C32H36N2O5/c1-31-13-11-24(39-30(36)38-20-37-29(35)22-6-4-16-34-19-22)17-23(31)7-8-25-27-10-9-26(21-5-3-15-33-18-21)32(27,2)14-12-28(25)31/h3-7,9,15-16,18-19,24-25,27-28H,8,10-14,17,20H2,1-2H3/t24-,25-,27-,28-,31-,32+/m0/s1. The maximum absolute atomic E-state index is 12.3. The molecule has 2 heterocycles. The SMILES string of the molecule is C[C@]12CC[C@H](OC(=O)OCOC(=O)c3cccnc3)CC1=CC[C@@H]1[C@@H]2CC[C@]2(C)C(c3cccnc3)=CC[C@@H]12. The lowest BCUT2D eigenvalue weighted by molar-refractivity contribution is -0.0553. The number of pyridine rings is 2. The fourth-order valence-corrected chi connectivity index (χ4v) is 8.13. The molecule has 6 atom stereocenters. The summed E-state index contributed by atoms with van der Waals surface area (Å²) in [4.78, 5) is 32.6. The minimum atomic E-state index is -0.801. The van der Waals surface area contributed by atoms with E-state index in [0.29, 0.717) is 23.3 Å². The minimum absolute atomic E-state index is 0.143. The van der Waals surface area contributed by atoms with Gasteiger partial charge in [-0.1, -0.05) is 37.6 Å². The Bertz CT molecular complexity index is 1290. The van der Waals surface area contributed by atoms with Crippen molar-refractivity contribution in [2.45, 2.75) is 64.9 Å². The van der Waals surface area contributed by atoms with E-state index in [4.69, 9.17) is 14.2 Å². The predicted molar refractivity (Wildman–Crippen MR) is 145 cm³/mol. The van der Waals surface area contributed by atoms with Crippen molar-refractivity contribution in [2.24, 2.45) is 28.6 Å². The number of allylic oxidation sites excluding steroid dienone is 3. The Morgan fingerprint density at radius 2 is 1.72 bits per heavy atom.